The van der Waals surface area contributed by atoms with Gasteiger partial charge in [-0.1, -0.05) is 17.7 Å². The van der Waals surface area contributed by atoms with Gasteiger partial charge in [0.15, 0.2) is 0 Å². The number of oxazole rings is 1. The Morgan fingerprint density at radius 1 is 1.15 bits per heavy atom. The maximum Gasteiger partial charge on any atom is 0.380 e. The smallest absolute Gasteiger partial charge is 0.380 e. The highest BCUT2D eigenvalue weighted by Gasteiger charge is 2.25. The molecule has 0 N–H and O–H groups in total. The highest BCUT2D eigenvalue weighted by atomic mass is 16.5. The molecule has 0 atom stereocenters. The lowest BCUT2D eigenvalue weighted by Crippen LogP contribution is -2.19. The number of Topliss-reactive ketones (excluding diaryl/α,β-unsaturated/α-hetero) is 1. The van der Waals surface area contributed by atoms with Crippen LogP contribution in [0.4, 0.5) is 0 Å². The molecule has 2 aromatic heterocycles. The Morgan fingerprint density at radius 2 is 1.85 bits per heavy atom. The van der Waals surface area contributed by atoms with E-state index in [1.165, 1.54) is 6.26 Å². The first kappa shape index (κ1) is 17.6. The van der Waals surface area contributed by atoms with Gasteiger partial charge in [0.25, 0.3) is 5.78 Å². The molecule has 7 nitrogen and oxygen atoms in total. The third kappa shape index (κ3) is 3.42. The van der Waals surface area contributed by atoms with Crippen molar-refractivity contribution < 1.29 is 18.7 Å². The molecule has 2 heterocycles. The summed E-state index contributed by atoms with van der Waals surface area (Å²) in [6, 6.07) is 7.70. The van der Waals surface area contributed by atoms with Crippen molar-refractivity contribution in [1.82, 2.24) is 14.8 Å². The van der Waals surface area contributed by atoms with Crippen molar-refractivity contribution in [2.75, 3.05) is 0 Å². The van der Waals surface area contributed by atoms with Crippen molar-refractivity contribution in [2.45, 2.75) is 27.4 Å². The van der Waals surface area contributed by atoms with Crippen molar-refractivity contribution in [3.8, 4) is 11.5 Å². The first-order chi connectivity index (χ1) is 12.4. The molecular formula is C19H19N3O4. The zero-order chi connectivity index (χ0) is 18.8. The first-order valence-corrected chi connectivity index (χ1v) is 8.10. The Bertz CT molecular complexity index is 967. The number of carbonyl (C=O) groups is 2. The van der Waals surface area contributed by atoms with E-state index in [1.54, 1.807) is 25.6 Å². The average molecular weight is 353 g/mol. The number of rotatable bonds is 5. The predicted molar refractivity (Wildman–Crippen MR) is 93.5 cm³/mol. The molecule has 0 saturated carbocycles. The third-order valence-electron chi connectivity index (χ3n) is 4.12. The monoisotopic (exact) mass is 353 g/mol. The zero-order valence-corrected chi connectivity index (χ0v) is 15.1. The SMILES string of the molecule is Cc1ccc(-c2nc(COC(=O)C(=O)c3c(C)nn(C)c3C)co2)cc1. The number of aryl methyl sites for hydroxylation is 3. The molecule has 0 aliphatic heterocycles. The van der Waals surface area contributed by atoms with Crippen molar-refractivity contribution in [1.29, 1.82) is 0 Å². The maximum atomic E-state index is 12.3. The molecule has 3 rings (SSSR count). The predicted octanol–water partition coefficient (Wildman–Crippen LogP) is 2.93. The fourth-order valence-corrected chi connectivity index (χ4v) is 2.61. The summed E-state index contributed by atoms with van der Waals surface area (Å²) in [5.74, 6) is -1.22. The molecule has 0 saturated heterocycles. The Labute approximate surface area is 150 Å². The van der Waals surface area contributed by atoms with Gasteiger partial charge in [0, 0.05) is 18.3 Å². The molecular weight excluding hydrogens is 334 g/mol. The molecule has 1 aromatic carbocycles. The van der Waals surface area contributed by atoms with Gasteiger partial charge in [-0.3, -0.25) is 9.48 Å². The number of ketones is 1. The van der Waals surface area contributed by atoms with Crippen LogP contribution >= 0.6 is 0 Å². The third-order valence-corrected chi connectivity index (χ3v) is 4.12. The fraction of sp³-hybridized carbons (Fsp3) is 0.263. The van der Waals surface area contributed by atoms with Gasteiger partial charge in [0.2, 0.25) is 5.89 Å². The maximum absolute atomic E-state index is 12.3. The van der Waals surface area contributed by atoms with Crippen molar-refractivity contribution in [2.24, 2.45) is 7.05 Å². The van der Waals surface area contributed by atoms with Crippen LogP contribution in [0, 0.1) is 20.8 Å². The quantitative estimate of drug-likeness (QED) is 0.398. The number of ether oxygens (including phenoxy) is 1. The fourth-order valence-electron chi connectivity index (χ4n) is 2.61. The summed E-state index contributed by atoms with van der Waals surface area (Å²) < 4.78 is 12.0. The molecule has 0 fully saturated rings. The van der Waals surface area contributed by atoms with Crippen LogP contribution in [0.5, 0.6) is 0 Å². The first-order valence-electron chi connectivity index (χ1n) is 8.10. The van der Waals surface area contributed by atoms with Gasteiger partial charge in [-0.25, -0.2) is 9.78 Å². The van der Waals surface area contributed by atoms with E-state index in [0.717, 1.165) is 11.1 Å². The van der Waals surface area contributed by atoms with Crippen LogP contribution in [-0.2, 0) is 23.2 Å². The summed E-state index contributed by atoms with van der Waals surface area (Å²) in [5, 5.41) is 4.14. The topological polar surface area (TPSA) is 87.2 Å². The second kappa shape index (κ2) is 6.95. The normalized spacial score (nSPS) is 10.8. The molecule has 0 bridgehead atoms. The zero-order valence-electron chi connectivity index (χ0n) is 15.1. The Balaban J connectivity index is 1.66. The minimum atomic E-state index is -0.941. The second-order valence-corrected chi connectivity index (χ2v) is 6.08. The van der Waals surface area contributed by atoms with Crippen molar-refractivity contribution in [3.05, 3.63) is 58.7 Å². The van der Waals surface area contributed by atoms with Crippen LogP contribution in [0.3, 0.4) is 0 Å². The molecule has 3 aromatic rings. The number of benzene rings is 1. The van der Waals surface area contributed by atoms with E-state index in [-0.39, 0.29) is 12.2 Å². The van der Waals surface area contributed by atoms with Crippen molar-refractivity contribution in [3.63, 3.8) is 0 Å². The molecule has 26 heavy (non-hydrogen) atoms. The Hall–Kier alpha value is -3.22. The van der Waals surface area contributed by atoms with E-state index >= 15 is 0 Å². The summed E-state index contributed by atoms with van der Waals surface area (Å²) in [4.78, 5) is 28.7. The van der Waals surface area contributed by atoms with E-state index in [1.807, 2.05) is 31.2 Å². The molecule has 134 valence electrons. The lowest BCUT2D eigenvalue weighted by atomic mass is 10.1. The van der Waals surface area contributed by atoms with E-state index < -0.39 is 11.8 Å². The molecule has 0 aliphatic rings. The van der Waals surface area contributed by atoms with Gasteiger partial charge >= 0.3 is 5.97 Å². The highest BCUT2D eigenvalue weighted by molar-refractivity contribution is 6.41. The summed E-state index contributed by atoms with van der Waals surface area (Å²) in [6.45, 7) is 5.26. The van der Waals surface area contributed by atoms with Crippen LogP contribution in [0.25, 0.3) is 11.5 Å². The largest absolute Gasteiger partial charge is 0.453 e. The van der Waals surface area contributed by atoms with Crippen LogP contribution < -0.4 is 0 Å². The molecule has 0 amide bonds. The lowest BCUT2D eigenvalue weighted by molar-refractivity contribution is -0.139. The highest BCUT2D eigenvalue weighted by Crippen LogP contribution is 2.20. The standard InChI is InChI=1S/C19H19N3O4/c1-11-5-7-14(8-6-11)18-20-15(9-25-18)10-26-19(24)17(23)16-12(2)21-22(4)13(16)3/h5-9H,10H2,1-4H3. The summed E-state index contributed by atoms with van der Waals surface area (Å²) >= 11 is 0. The number of hydrogen-bond donors (Lipinski definition) is 0. The second-order valence-electron chi connectivity index (χ2n) is 6.08. The summed E-state index contributed by atoms with van der Waals surface area (Å²) in [6.07, 6.45) is 1.41. The van der Waals surface area contributed by atoms with Gasteiger partial charge in [-0.15, -0.1) is 0 Å². The van der Waals surface area contributed by atoms with Gasteiger partial charge in [-0.2, -0.15) is 5.10 Å². The van der Waals surface area contributed by atoms with E-state index in [0.29, 0.717) is 23.0 Å². The van der Waals surface area contributed by atoms with Crippen LogP contribution in [-0.4, -0.2) is 26.5 Å². The minimum Gasteiger partial charge on any atom is -0.453 e. The van der Waals surface area contributed by atoms with E-state index in [4.69, 9.17) is 9.15 Å². The van der Waals surface area contributed by atoms with Gasteiger partial charge in [-0.05, 0) is 32.9 Å². The molecule has 0 unspecified atom stereocenters. The van der Waals surface area contributed by atoms with E-state index in [2.05, 4.69) is 10.1 Å². The van der Waals surface area contributed by atoms with Crippen LogP contribution in [0.15, 0.2) is 34.9 Å². The molecule has 7 heteroatoms. The lowest BCUT2D eigenvalue weighted by Gasteiger charge is -2.02. The van der Waals surface area contributed by atoms with Crippen molar-refractivity contribution >= 4 is 11.8 Å². The van der Waals surface area contributed by atoms with Gasteiger partial charge in [0.1, 0.15) is 18.6 Å². The molecule has 0 spiro atoms. The van der Waals surface area contributed by atoms with Crippen LogP contribution in [0.1, 0.15) is 33.0 Å². The number of carbonyl (C=O) groups excluding carboxylic acids is 2. The van der Waals surface area contributed by atoms with Gasteiger partial charge < -0.3 is 9.15 Å². The minimum absolute atomic E-state index is 0.141. The number of aromatic nitrogens is 3. The summed E-state index contributed by atoms with van der Waals surface area (Å²) in [7, 11) is 1.71. The number of esters is 1. The Morgan fingerprint density at radius 3 is 2.46 bits per heavy atom. The number of nitrogens with zero attached hydrogens (tertiary/aromatic N) is 3. The van der Waals surface area contributed by atoms with Gasteiger partial charge in [0.05, 0.1) is 11.3 Å². The average Bonchev–Trinajstić information content (AvgIpc) is 3.18. The van der Waals surface area contributed by atoms with Crippen LogP contribution in [0.2, 0.25) is 0 Å². The number of hydrogen-bond acceptors (Lipinski definition) is 6. The van der Waals surface area contributed by atoms with E-state index in [9.17, 15) is 9.59 Å². The summed E-state index contributed by atoms with van der Waals surface area (Å²) in [5.41, 5.74) is 3.78. The molecule has 0 aliphatic carbocycles. The Kier molecular flexibility index (Phi) is 4.71. The molecule has 0 radical (unpaired) electrons.